The number of rotatable bonds is 7. The van der Waals surface area contributed by atoms with Crippen LogP contribution in [0.15, 0.2) is 91.0 Å². The molecule has 1 aromatic heterocycles. The second-order valence-corrected chi connectivity index (χ2v) is 14.7. The van der Waals surface area contributed by atoms with E-state index in [0.29, 0.717) is 10.8 Å². The molecule has 2 aliphatic rings. The largest absolute Gasteiger partial charge is 0.424 e. The molecule has 0 saturated heterocycles. The van der Waals surface area contributed by atoms with E-state index in [4.69, 9.17) is 0 Å². The molecule has 0 bridgehead atoms. The number of benzene rings is 3. The van der Waals surface area contributed by atoms with Gasteiger partial charge in [-0.05, 0) is 64.0 Å². The maximum atomic E-state index is 12.4. The summed E-state index contributed by atoms with van der Waals surface area (Å²) in [4.78, 5) is 16.1. The number of aromatic nitrogens is 1. The molecule has 162 valence electrons. The molecule has 6 rings (SSSR count). The molecule has 2 fully saturated rings. The zero-order valence-electron chi connectivity index (χ0n) is 18.9. The molecular weight excluding hydrogens is 406 g/mol. The number of H-pyrrole nitrogens is 1. The van der Waals surface area contributed by atoms with Crippen LogP contribution < -0.4 is 10.4 Å². The Morgan fingerprint density at radius 1 is 0.844 bits per heavy atom. The lowest BCUT2D eigenvalue weighted by Gasteiger charge is -2.41. The van der Waals surface area contributed by atoms with E-state index in [-0.39, 0.29) is 5.04 Å². The molecule has 0 radical (unpaired) electrons. The average Bonchev–Trinajstić information content (AvgIpc) is 3.58. The normalized spacial score (nSPS) is 24.3. The van der Waals surface area contributed by atoms with E-state index >= 15 is 0 Å². The molecule has 0 atom stereocenters. The van der Waals surface area contributed by atoms with Crippen LogP contribution in [-0.2, 0) is 5.41 Å². The zero-order valence-corrected chi connectivity index (χ0v) is 19.9. The summed E-state index contributed by atoms with van der Waals surface area (Å²) < 4.78 is 0. The van der Waals surface area contributed by atoms with Crippen molar-refractivity contribution in [3.05, 3.63) is 96.7 Å². The van der Waals surface area contributed by atoms with Gasteiger partial charge in [0.05, 0.1) is 0 Å². The predicted molar refractivity (Wildman–Crippen MR) is 135 cm³/mol. The second kappa shape index (κ2) is 6.69. The smallest absolute Gasteiger partial charge is 0.258 e. The summed E-state index contributed by atoms with van der Waals surface area (Å²) >= 11 is 0. The third-order valence-corrected chi connectivity index (χ3v) is 13.2. The van der Waals surface area contributed by atoms with Crippen molar-refractivity contribution in [2.45, 2.75) is 50.0 Å². The Kier molecular flexibility index (Phi) is 4.19. The maximum Gasteiger partial charge on any atom is 0.258 e. The van der Waals surface area contributed by atoms with Gasteiger partial charge in [0, 0.05) is 16.6 Å². The van der Waals surface area contributed by atoms with Gasteiger partial charge >= 0.3 is 0 Å². The molecule has 2 N–H and O–H groups in total. The van der Waals surface area contributed by atoms with E-state index in [1.54, 1.807) is 0 Å². The number of hydrogen-bond donors (Lipinski definition) is 2. The van der Waals surface area contributed by atoms with E-state index in [2.05, 4.69) is 97.7 Å². The van der Waals surface area contributed by atoms with Crippen molar-refractivity contribution in [3.63, 3.8) is 0 Å². The van der Waals surface area contributed by atoms with Crippen LogP contribution in [0.3, 0.4) is 0 Å². The summed E-state index contributed by atoms with van der Waals surface area (Å²) in [5, 5.41) is 3.38. The lowest BCUT2D eigenvalue weighted by Crippen LogP contribution is -2.65. The van der Waals surface area contributed by atoms with Gasteiger partial charge in [0.15, 0.2) is 0 Å². The van der Waals surface area contributed by atoms with Crippen LogP contribution in [0.25, 0.3) is 10.9 Å². The SMILES string of the molecule is CC(C)(CCC12CC1(c1cc3ccccc3[nH]1)C2)[Si](O)(c1ccccc1)c1ccccc1. The summed E-state index contributed by atoms with van der Waals surface area (Å²) in [5.74, 6) is 0. The molecule has 0 unspecified atom stereocenters. The predicted octanol–water partition coefficient (Wildman–Crippen LogP) is 5.51. The summed E-state index contributed by atoms with van der Waals surface area (Å²) in [6, 6.07) is 31.8. The highest BCUT2D eigenvalue weighted by molar-refractivity contribution is 6.98. The van der Waals surface area contributed by atoms with Crippen molar-refractivity contribution >= 4 is 29.6 Å². The van der Waals surface area contributed by atoms with Gasteiger partial charge < -0.3 is 9.78 Å². The highest BCUT2D eigenvalue weighted by atomic mass is 28.4. The Bertz CT molecular complexity index is 1200. The number of aromatic amines is 1. The number of nitrogens with one attached hydrogen (secondary N) is 1. The van der Waals surface area contributed by atoms with Gasteiger partial charge in [0.25, 0.3) is 8.32 Å². The Hall–Kier alpha value is -2.62. The quantitative estimate of drug-likeness (QED) is 0.367. The first-order valence-electron chi connectivity index (χ1n) is 11.8. The number of para-hydroxylation sites is 1. The van der Waals surface area contributed by atoms with Gasteiger partial charge in [-0.25, -0.2) is 0 Å². The molecule has 0 aliphatic heterocycles. The summed E-state index contributed by atoms with van der Waals surface area (Å²) in [6.07, 6.45) is 4.81. The van der Waals surface area contributed by atoms with Crippen LogP contribution in [-0.4, -0.2) is 18.1 Å². The number of hydrogen-bond acceptors (Lipinski definition) is 1. The van der Waals surface area contributed by atoms with Crippen molar-refractivity contribution in [2.24, 2.45) is 5.41 Å². The first-order chi connectivity index (χ1) is 15.4. The van der Waals surface area contributed by atoms with Gasteiger partial charge in [-0.1, -0.05) is 92.7 Å². The number of fused-ring (bicyclic) bond motifs is 2. The Balaban J connectivity index is 1.27. The van der Waals surface area contributed by atoms with Crippen LogP contribution >= 0.6 is 0 Å². The Labute approximate surface area is 191 Å². The molecule has 3 aromatic carbocycles. The average molecular weight is 438 g/mol. The van der Waals surface area contributed by atoms with Crippen LogP contribution in [0.1, 0.15) is 45.2 Å². The second-order valence-electron chi connectivity index (χ2n) is 10.8. The van der Waals surface area contributed by atoms with E-state index < -0.39 is 8.32 Å². The zero-order chi connectivity index (χ0) is 22.0. The maximum absolute atomic E-state index is 12.4. The van der Waals surface area contributed by atoms with Gasteiger partial charge in [-0.2, -0.15) is 0 Å². The van der Waals surface area contributed by atoms with Gasteiger partial charge in [0.1, 0.15) is 0 Å². The highest BCUT2D eigenvalue weighted by Gasteiger charge is 2.83. The van der Waals surface area contributed by atoms with Crippen LogP contribution in [0.5, 0.6) is 0 Å². The van der Waals surface area contributed by atoms with E-state index in [1.165, 1.54) is 35.9 Å². The van der Waals surface area contributed by atoms with Crippen molar-refractivity contribution in [3.8, 4) is 0 Å². The van der Waals surface area contributed by atoms with Gasteiger partial charge in [-0.15, -0.1) is 0 Å². The van der Waals surface area contributed by atoms with Crippen molar-refractivity contribution in [2.75, 3.05) is 0 Å². The Morgan fingerprint density at radius 2 is 1.41 bits per heavy atom. The van der Waals surface area contributed by atoms with Gasteiger partial charge in [0.2, 0.25) is 0 Å². The minimum absolute atomic E-state index is 0.165. The minimum Gasteiger partial charge on any atom is -0.424 e. The van der Waals surface area contributed by atoms with Crippen LogP contribution in [0.4, 0.5) is 0 Å². The molecular formula is C29H31NOSi. The van der Waals surface area contributed by atoms with Crippen LogP contribution in [0.2, 0.25) is 5.04 Å². The summed E-state index contributed by atoms with van der Waals surface area (Å²) in [7, 11) is -2.92. The fourth-order valence-corrected chi connectivity index (χ4v) is 10.0. The summed E-state index contributed by atoms with van der Waals surface area (Å²) in [6.45, 7) is 4.59. The fourth-order valence-electron chi connectivity index (χ4n) is 6.28. The molecule has 2 nitrogen and oxygen atoms in total. The topological polar surface area (TPSA) is 36.0 Å². The first-order valence-corrected chi connectivity index (χ1v) is 13.8. The molecule has 32 heavy (non-hydrogen) atoms. The third kappa shape index (κ3) is 2.74. The molecule has 1 heterocycles. The van der Waals surface area contributed by atoms with Crippen molar-refractivity contribution in [1.82, 2.24) is 4.98 Å². The minimum atomic E-state index is -2.92. The molecule has 2 aliphatic carbocycles. The first kappa shape index (κ1) is 20.0. The standard InChI is InChI=1S/C29H31NOSi/c1-27(2,32(31,23-12-5-3-6-13-23)24-14-7-4-8-15-24)17-18-28-20-29(28,21-28)26-19-22-11-9-10-16-25(22)30-26/h3-16,19,30-31H,17-18,20-21H2,1-2H3. The molecule has 4 aromatic rings. The van der Waals surface area contributed by atoms with Gasteiger partial charge in [-0.3, -0.25) is 0 Å². The molecule has 0 amide bonds. The van der Waals surface area contributed by atoms with Crippen molar-refractivity contribution in [1.29, 1.82) is 0 Å². The van der Waals surface area contributed by atoms with E-state index in [9.17, 15) is 4.80 Å². The molecule has 0 spiro atoms. The lowest BCUT2D eigenvalue weighted by atomic mass is 10.00. The van der Waals surface area contributed by atoms with Crippen molar-refractivity contribution < 1.29 is 4.80 Å². The van der Waals surface area contributed by atoms with E-state index in [1.807, 2.05) is 12.1 Å². The highest BCUT2D eigenvalue weighted by Crippen LogP contribution is 2.88. The third-order valence-electron chi connectivity index (χ3n) is 8.68. The fraction of sp³-hybridized carbons (Fsp3) is 0.310. The monoisotopic (exact) mass is 437 g/mol. The molecule has 2 saturated carbocycles. The van der Waals surface area contributed by atoms with Crippen LogP contribution in [0, 0.1) is 5.41 Å². The lowest BCUT2D eigenvalue weighted by molar-refractivity contribution is 0.426. The Morgan fingerprint density at radius 3 is 2.00 bits per heavy atom. The summed E-state index contributed by atoms with van der Waals surface area (Å²) in [5.41, 5.74) is 3.48. The van der Waals surface area contributed by atoms with E-state index in [0.717, 1.165) is 16.8 Å². The molecule has 3 heteroatoms.